The maximum Gasteiger partial charge on any atom is 0.228 e. The van der Waals surface area contributed by atoms with Crippen molar-refractivity contribution in [1.29, 1.82) is 0 Å². The smallest absolute Gasteiger partial charge is 0.228 e. The molecular weight excluding hydrogens is 260 g/mol. The van der Waals surface area contributed by atoms with E-state index in [9.17, 15) is 4.79 Å². The highest BCUT2D eigenvalue weighted by Crippen LogP contribution is 2.23. The number of amides is 1. The van der Waals surface area contributed by atoms with Crippen LogP contribution in [0.4, 0.5) is 5.69 Å². The predicted molar refractivity (Wildman–Crippen MR) is 88.6 cm³/mol. The van der Waals surface area contributed by atoms with E-state index in [4.69, 9.17) is 0 Å². The number of anilines is 1. The second-order valence-electron chi connectivity index (χ2n) is 7.28. The van der Waals surface area contributed by atoms with Crippen LogP contribution in [0.3, 0.4) is 0 Å². The third-order valence-corrected chi connectivity index (χ3v) is 4.23. The molecule has 1 aromatic rings. The van der Waals surface area contributed by atoms with Crippen molar-refractivity contribution < 1.29 is 4.79 Å². The zero-order valence-corrected chi connectivity index (χ0v) is 14.0. The molecule has 0 saturated carbocycles. The van der Waals surface area contributed by atoms with Crippen molar-refractivity contribution in [3.05, 3.63) is 29.3 Å². The molecule has 21 heavy (non-hydrogen) atoms. The first-order chi connectivity index (χ1) is 9.77. The number of aryl methyl sites for hydroxylation is 2. The number of rotatable bonds is 2. The molecule has 0 aromatic heterocycles. The maximum atomic E-state index is 12.4. The maximum absolute atomic E-state index is 12.4. The van der Waals surface area contributed by atoms with Crippen LogP contribution in [0, 0.1) is 19.3 Å². The van der Waals surface area contributed by atoms with Gasteiger partial charge in [0.1, 0.15) is 0 Å². The minimum absolute atomic E-state index is 0.258. The van der Waals surface area contributed by atoms with E-state index < -0.39 is 0 Å². The molecule has 0 bridgehead atoms. The van der Waals surface area contributed by atoms with Crippen LogP contribution in [0.1, 0.15) is 44.7 Å². The fraction of sp³-hybridized carbons (Fsp3) is 0.611. The lowest BCUT2D eigenvalue weighted by atomic mass is 9.93. The van der Waals surface area contributed by atoms with Crippen LogP contribution in [0.15, 0.2) is 18.2 Å². The molecule has 116 valence electrons. The monoisotopic (exact) mass is 288 g/mol. The molecule has 1 aromatic carbocycles. The number of carbonyl (C=O) groups is 1. The van der Waals surface area contributed by atoms with Gasteiger partial charge in [0.05, 0.1) is 0 Å². The van der Waals surface area contributed by atoms with E-state index in [1.807, 2.05) is 25.7 Å². The van der Waals surface area contributed by atoms with Gasteiger partial charge in [-0.1, -0.05) is 26.8 Å². The summed E-state index contributed by atoms with van der Waals surface area (Å²) in [4.78, 5) is 14.4. The molecule has 1 amide bonds. The number of nitrogens with one attached hydrogen (secondary N) is 1. The van der Waals surface area contributed by atoms with Gasteiger partial charge in [-0.15, -0.1) is 0 Å². The molecular formula is C18H28N2O. The Kier molecular flexibility index (Phi) is 4.60. The van der Waals surface area contributed by atoms with Crippen LogP contribution in [0.25, 0.3) is 0 Å². The van der Waals surface area contributed by atoms with Gasteiger partial charge in [-0.2, -0.15) is 0 Å². The van der Waals surface area contributed by atoms with Crippen molar-refractivity contribution in [2.75, 3.05) is 18.4 Å². The van der Waals surface area contributed by atoms with Crippen LogP contribution < -0.4 is 5.32 Å². The molecule has 2 rings (SSSR count). The number of carbonyl (C=O) groups excluding carboxylic acids is 1. The van der Waals surface area contributed by atoms with Gasteiger partial charge in [-0.05, 0) is 49.9 Å². The average Bonchev–Trinajstić information content (AvgIpc) is 2.41. The van der Waals surface area contributed by atoms with Crippen molar-refractivity contribution in [3.63, 3.8) is 0 Å². The molecule has 0 aliphatic carbocycles. The van der Waals surface area contributed by atoms with Gasteiger partial charge in [0.15, 0.2) is 0 Å². The fourth-order valence-electron chi connectivity index (χ4n) is 2.82. The van der Waals surface area contributed by atoms with Crippen LogP contribution in [-0.4, -0.2) is 29.9 Å². The summed E-state index contributed by atoms with van der Waals surface area (Å²) in [5.41, 5.74) is 3.49. The summed E-state index contributed by atoms with van der Waals surface area (Å²) in [7, 11) is 0. The van der Waals surface area contributed by atoms with Crippen molar-refractivity contribution in [3.8, 4) is 0 Å². The first kappa shape index (κ1) is 15.9. The van der Waals surface area contributed by atoms with E-state index in [0.29, 0.717) is 6.04 Å². The quantitative estimate of drug-likeness (QED) is 0.899. The molecule has 0 spiro atoms. The van der Waals surface area contributed by atoms with Crippen molar-refractivity contribution in [2.45, 2.75) is 53.5 Å². The van der Waals surface area contributed by atoms with Crippen molar-refractivity contribution in [2.24, 2.45) is 5.41 Å². The molecule has 3 heteroatoms. The van der Waals surface area contributed by atoms with Gasteiger partial charge in [0, 0.05) is 30.2 Å². The van der Waals surface area contributed by atoms with Gasteiger partial charge in [0.2, 0.25) is 5.91 Å². The summed E-state index contributed by atoms with van der Waals surface area (Å²) >= 11 is 0. The second-order valence-corrected chi connectivity index (χ2v) is 7.28. The summed E-state index contributed by atoms with van der Waals surface area (Å²) in [6.07, 6.45) is 2.20. The normalized spacial score (nSPS) is 19.5. The summed E-state index contributed by atoms with van der Waals surface area (Å²) in [6, 6.07) is 6.83. The lowest BCUT2D eigenvalue weighted by Gasteiger charge is -2.37. The molecule has 0 radical (unpaired) electrons. The van der Waals surface area contributed by atoms with Gasteiger partial charge in [-0.25, -0.2) is 0 Å². The number of nitrogens with zero attached hydrogens (tertiary/aromatic N) is 1. The van der Waals surface area contributed by atoms with Gasteiger partial charge in [0.25, 0.3) is 0 Å². The Labute approximate surface area is 128 Å². The van der Waals surface area contributed by atoms with Crippen molar-refractivity contribution in [1.82, 2.24) is 4.90 Å². The number of hydrogen-bond donors (Lipinski definition) is 1. The van der Waals surface area contributed by atoms with E-state index in [1.165, 1.54) is 11.1 Å². The molecule has 1 atom stereocenters. The summed E-state index contributed by atoms with van der Waals surface area (Å²) in [5.74, 6) is 0.258. The van der Waals surface area contributed by atoms with Crippen molar-refractivity contribution >= 4 is 11.6 Å². The first-order valence-corrected chi connectivity index (χ1v) is 7.90. The standard InChI is InChI=1S/C18H28N2O/c1-13-8-9-15(11-14(13)2)19-16-7-6-10-20(12-16)17(21)18(3,4)5/h8-9,11,16,19H,6-7,10,12H2,1-5H3/t16-/m0/s1. The highest BCUT2D eigenvalue weighted by atomic mass is 16.2. The molecule has 1 saturated heterocycles. The Hall–Kier alpha value is -1.51. The molecule has 3 nitrogen and oxygen atoms in total. The van der Waals surface area contributed by atoms with E-state index >= 15 is 0 Å². The number of benzene rings is 1. The molecule has 1 fully saturated rings. The van der Waals surface area contributed by atoms with Crippen LogP contribution in [0.2, 0.25) is 0 Å². The zero-order chi connectivity index (χ0) is 15.6. The third kappa shape index (κ3) is 3.99. The molecule has 0 unspecified atom stereocenters. The number of hydrogen-bond acceptors (Lipinski definition) is 2. The van der Waals surface area contributed by atoms with E-state index in [1.54, 1.807) is 0 Å². The van der Waals surface area contributed by atoms with E-state index in [2.05, 4.69) is 37.4 Å². The minimum Gasteiger partial charge on any atom is -0.381 e. The highest BCUT2D eigenvalue weighted by Gasteiger charge is 2.30. The predicted octanol–water partition coefficient (Wildman–Crippen LogP) is 3.75. The SMILES string of the molecule is Cc1ccc(N[C@H]2CCCN(C(=O)C(C)(C)C)C2)cc1C. The lowest BCUT2D eigenvalue weighted by Crippen LogP contribution is -2.48. The Morgan fingerprint density at radius 3 is 2.57 bits per heavy atom. The molecule has 1 aliphatic rings. The van der Waals surface area contributed by atoms with E-state index in [-0.39, 0.29) is 11.3 Å². The number of likely N-dealkylation sites (tertiary alicyclic amines) is 1. The topological polar surface area (TPSA) is 32.3 Å². The summed E-state index contributed by atoms with van der Waals surface area (Å²) in [6.45, 7) is 12.0. The Balaban J connectivity index is 2.01. The van der Waals surface area contributed by atoms with E-state index in [0.717, 1.165) is 31.6 Å². The minimum atomic E-state index is -0.289. The lowest BCUT2D eigenvalue weighted by molar-refractivity contribution is -0.140. The molecule has 1 N–H and O–H groups in total. The fourth-order valence-corrected chi connectivity index (χ4v) is 2.82. The second kappa shape index (κ2) is 6.08. The largest absolute Gasteiger partial charge is 0.381 e. The van der Waals surface area contributed by atoms with Crippen LogP contribution in [0.5, 0.6) is 0 Å². The first-order valence-electron chi connectivity index (χ1n) is 7.90. The number of piperidine rings is 1. The van der Waals surface area contributed by atoms with Crippen LogP contribution in [-0.2, 0) is 4.79 Å². The third-order valence-electron chi connectivity index (χ3n) is 4.23. The average molecular weight is 288 g/mol. The van der Waals surface area contributed by atoms with Gasteiger partial charge in [-0.3, -0.25) is 4.79 Å². The van der Waals surface area contributed by atoms with Crippen LogP contribution >= 0.6 is 0 Å². The molecule has 1 heterocycles. The zero-order valence-electron chi connectivity index (χ0n) is 14.0. The summed E-state index contributed by atoms with van der Waals surface area (Å²) in [5, 5.41) is 3.59. The Morgan fingerprint density at radius 2 is 1.95 bits per heavy atom. The van der Waals surface area contributed by atoms with Gasteiger partial charge < -0.3 is 10.2 Å². The Bertz CT molecular complexity index is 516. The Morgan fingerprint density at radius 1 is 1.24 bits per heavy atom. The van der Waals surface area contributed by atoms with Gasteiger partial charge >= 0.3 is 0 Å². The highest BCUT2D eigenvalue weighted by molar-refractivity contribution is 5.81. The molecule has 1 aliphatic heterocycles. The summed E-state index contributed by atoms with van der Waals surface area (Å²) < 4.78 is 0.